The maximum atomic E-state index is 5.41. The molecule has 0 spiro atoms. The molecule has 0 heterocycles. The Morgan fingerprint density at radius 3 is 2.27 bits per heavy atom. The average molecular weight is 250 g/mol. The summed E-state index contributed by atoms with van der Waals surface area (Å²) < 4.78 is 5.09. The third kappa shape index (κ3) is 11.0. The zero-order valence-electron chi connectivity index (χ0n) is 10.7. The topological polar surface area (TPSA) is 12.5 Å². The molecule has 0 aromatic carbocycles. The monoisotopic (exact) mass is 250 g/mol. The summed E-state index contributed by atoms with van der Waals surface area (Å²) >= 11 is 5.41. The number of rotatable bonds is 8. The summed E-state index contributed by atoms with van der Waals surface area (Å²) in [5.41, 5.74) is 0. The zero-order chi connectivity index (χ0) is 11.9. The fourth-order valence-corrected chi connectivity index (χ4v) is 2.24. The SMILES string of the molecule is COCCN(CCP(C)C)CC(C)(C)[S]. The van der Waals surface area contributed by atoms with Gasteiger partial charge >= 0.3 is 0 Å². The van der Waals surface area contributed by atoms with Crippen LogP contribution in [0.15, 0.2) is 0 Å². The average Bonchev–Trinajstić information content (AvgIpc) is 2.07. The second kappa shape index (κ2) is 7.89. The second-order valence-electron chi connectivity index (χ2n) is 4.83. The minimum absolute atomic E-state index is 0.0298. The molecule has 0 aromatic rings. The van der Waals surface area contributed by atoms with Gasteiger partial charge in [0, 0.05) is 31.5 Å². The van der Waals surface area contributed by atoms with Crippen LogP contribution < -0.4 is 0 Å². The fourth-order valence-electron chi connectivity index (χ4n) is 1.37. The summed E-state index contributed by atoms with van der Waals surface area (Å²) in [5.74, 6) is 0. The lowest BCUT2D eigenvalue weighted by atomic mass is 10.2. The minimum atomic E-state index is -0.0298. The van der Waals surface area contributed by atoms with Crippen LogP contribution in [0.5, 0.6) is 0 Å². The molecule has 0 fully saturated rings. The maximum absolute atomic E-state index is 5.41. The van der Waals surface area contributed by atoms with Crippen LogP contribution in [0.25, 0.3) is 0 Å². The van der Waals surface area contributed by atoms with E-state index in [1.807, 2.05) is 0 Å². The van der Waals surface area contributed by atoms with Crippen molar-refractivity contribution < 1.29 is 4.74 Å². The molecule has 0 rings (SSSR count). The highest BCUT2D eigenvalue weighted by atomic mass is 32.1. The molecule has 0 amide bonds. The molecule has 15 heavy (non-hydrogen) atoms. The number of hydrogen-bond acceptors (Lipinski definition) is 2. The molecule has 0 atom stereocenters. The lowest BCUT2D eigenvalue weighted by molar-refractivity contribution is 0.147. The van der Waals surface area contributed by atoms with Crippen LogP contribution in [0.1, 0.15) is 13.8 Å². The number of hydrogen-bond donors (Lipinski definition) is 0. The number of nitrogens with zero attached hydrogens (tertiary/aromatic N) is 1. The van der Waals surface area contributed by atoms with Crippen LogP contribution in [0.2, 0.25) is 0 Å². The van der Waals surface area contributed by atoms with Crippen LogP contribution >= 0.6 is 20.6 Å². The van der Waals surface area contributed by atoms with Crippen molar-refractivity contribution in [1.29, 1.82) is 0 Å². The molecule has 0 unspecified atom stereocenters. The Kier molecular flexibility index (Phi) is 8.26. The number of methoxy groups -OCH3 is 1. The van der Waals surface area contributed by atoms with Crippen molar-refractivity contribution in [2.75, 3.05) is 52.8 Å². The van der Waals surface area contributed by atoms with E-state index in [1.54, 1.807) is 7.11 Å². The number of ether oxygens (including phenoxy) is 1. The molecule has 0 aromatic heterocycles. The van der Waals surface area contributed by atoms with Crippen molar-refractivity contribution in [2.45, 2.75) is 18.6 Å². The first-order chi connectivity index (χ1) is 6.85. The third-order valence-electron chi connectivity index (χ3n) is 2.08. The standard InChI is InChI=1S/C11H25NOPS/c1-11(2,15)10-12(6-8-13-3)7-9-14(4)5/h6-10H2,1-5H3. The molecule has 0 aliphatic rings. The minimum Gasteiger partial charge on any atom is -0.383 e. The molecule has 0 saturated heterocycles. The van der Waals surface area contributed by atoms with Crippen LogP contribution in [0.4, 0.5) is 0 Å². The van der Waals surface area contributed by atoms with Crippen molar-refractivity contribution in [1.82, 2.24) is 4.90 Å². The maximum Gasteiger partial charge on any atom is 0.0589 e. The van der Waals surface area contributed by atoms with Crippen molar-refractivity contribution in [2.24, 2.45) is 0 Å². The van der Waals surface area contributed by atoms with Crippen LogP contribution in [-0.2, 0) is 4.74 Å². The highest BCUT2D eigenvalue weighted by Crippen LogP contribution is 2.24. The Morgan fingerprint density at radius 1 is 1.27 bits per heavy atom. The Bertz CT molecular complexity index is 159. The molecule has 0 aliphatic carbocycles. The van der Waals surface area contributed by atoms with Gasteiger partial charge in [-0.1, -0.05) is 12.6 Å². The van der Waals surface area contributed by atoms with Gasteiger partial charge in [0.05, 0.1) is 6.61 Å². The quantitative estimate of drug-likeness (QED) is 0.614. The zero-order valence-corrected chi connectivity index (χ0v) is 12.5. The van der Waals surface area contributed by atoms with E-state index in [0.29, 0.717) is 0 Å². The van der Waals surface area contributed by atoms with E-state index in [2.05, 4.69) is 32.1 Å². The molecule has 4 heteroatoms. The van der Waals surface area contributed by atoms with E-state index in [-0.39, 0.29) is 12.7 Å². The van der Waals surface area contributed by atoms with Crippen molar-refractivity contribution in [3.05, 3.63) is 0 Å². The first kappa shape index (κ1) is 15.7. The molecule has 0 N–H and O–H groups in total. The second-order valence-corrected chi connectivity index (χ2v) is 8.54. The smallest absolute Gasteiger partial charge is 0.0589 e. The molecule has 91 valence electrons. The van der Waals surface area contributed by atoms with E-state index in [1.165, 1.54) is 6.16 Å². The van der Waals surface area contributed by atoms with Crippen LogP contribution in [0, 0.1) is 0 Å². The molecule has 1 radical (unpaired) electrons. The summed E-state index contributed by atoms with van der Waals surface area (Å²) in [6.45, 7) is 12.8. The van der Waals surface area contributed by atoms with Gasteiger partial charge in [0.15, 0.2) is 0 Å². The van der Waals surface area contributed by atoms with Crippen LogP contribution in [0.3, 0.4) is 0 Å². The molecular weight excluding hydrogens is 225 g/mol. The molecule has 0 saturated carbocycles. The largest absolute Gasteiger partial charge is 0.383 e. The highest BCUT2D eigenvalue weighted by Gasteiger charge is 2.17. The predicted molar refractivity (Wildman–Crippen MR) is 73.6 cm³/mol. The third-order valence-corrected chi connectivity index (χ3v) is 3.30. The van der Waals surface area contributed by atoms with E-state index < -0.39 is 0 Å². The Labute approximate surface area is 102 Å². The van der Waals surface area contributed by atoms with Crippen molar-refractivity contribution in [3.8, 4) is 0 Å². The predicted octanol–water partition coefficient (Wildman–Crippen LogP) is 2.65. The lowest BCUT2D eigenvalue weighted by Gasteiger charge is -2.29. The summed E-state index contributed by atoms with van der Waals surface area (Å²) in [7, 11) is 1.95. The van der Waals surface area contributed by atoms with E-state index in [9.17, 15) is 0 Å². The van der Waals surface area contributed by atoms with Gasteiger partial charge in [-0.2, -0.15) is 0 Å². The lowest BCUT2D eigenvalue weighted by Crippen LogP contribution is -2.38. The molecule has 0 bridgehead atoms. The van der Waals surface area contributed by atoms with E-state index in [0.717, 1.165) is 26.2 Å². The first-order valence-corrected chi connectivity index (χ1v) is 8.24. The van der Waals surface area contributed by atoms with Gasteiger partial charge in [0.25, 0.3) is 0 Å². The Hall–Kier alpha value is 0.700. The van der Waals surface area contributed by atoms with E-state index in [4.69, 9.17) is 17.4 Å². The van der Waals surface area contributed by atoms with Gasteiger partial charge in [0.2, 0.25) is 0 Å². The van der Waals surface area contributed by atoms with Crippen LogP contribution in [-0.4, -0.2) is 62.5 Å². The molecule has 0 aliphatic heterocycles. The van der Waals surface area contributed by atoms with Crippen molar-refractivity contribution >= 4 is 20.6 Å². The van der Waals surface area contributed by atoms with E-state index >= 15 is 0 Å². The first-order valence-electron chi connectivity index (χ1n) is 5.41. The molecule has 2 nitrogen and oxygen atoms in total. The normalized spacial score (nSPS) is 12.8. The van der Waals surface area contributed by atoms with Gasteiger partial charge < -0.3 is 4.74 Å². The summed E-state index contributed by atoms with van der Waals surface area (Å²) in [6.07, 6.45) is 1.30. The van der Waals surface area contributed by atoms with Crippen molar-refractivity contribution in [3.63, 3.8) is 0 Å². The van der Waals surface area contributed by atoms with Gasteiger partial charge in [-0.25, -0.2) is 0 Å². The van der Waals surface area contributed by atoms with Gasteiger partial charge in [-0.05, 0) is 33.3 Å². The fraction of sp³-hybridized carbons (Fsp3) is 1.00. The summed E-state index contributed by atoms with van der Waals surface area (Å²) in [5, 5.41) is 0. The molecular formula is C11H25NOPS. The Morgan fingerprint density at radius 2 is 1.87 bits per heavy atom. The van der Waals surface area contributed by atoms with Gasteiger partial charge in [0.1, 0.15) is 0 Å². The highest BCUT2D eigenvalue weighted by molar-refractivity contribution is 7.81. The van der Waals surface area contributed by atoms with Gasteiger partial charge in [-0.3, -0.25) is 4.90 Å². The van der Waals surface area contributed by atoms with Gasteiger partial charge in [-0.15, -0.1) is 7.92 Å². The summed E-state index contributed by atoms with van der Waals surface area (Å²) in [6, 6.07) is 0. The Balaban J connectivity index is 3.95. The summed E-state index contributed by atoms with van der Waals surface area (Å²) in [4.78, 5) is 2.43.